The molecule has 2 atom stereocenters. The highest BCUT2D eigenvalue weighted by molar-refractivity contribution is 5.83. The predicted octanol–water partition coefficient (Wildman–Crippen LogP) is 2.38. The number of nitrogens with one attached hydrogen (secondary N) is 1. The molecule has 3 heterocycles. The fraction of sp³-hybridized carbons (Fsp3) is 0.565. The Balaban J connectivity index is 1.42. The molecular weight excluding hydrogens is 362 g/mol. The van der Waals surface area contributed by atoms with Crippen LogP contribution in [0.4, 0.5) is 0 Å². The quantitative estimate of drug-likeness (QED) is 0.732. The summed E-state index contributed by atoms with van der Waals surface area (Å²) in [7, 11) is 2.18. The zero-order valence-electron chi connectivity index (χ0n) is 17.5. The van der Waals surface area contributed by atoms with Crippen LogP contribution in [0.25, 0.3) is 0 Å². The molecule has 2 aliphatic heterocycles. The average Bonchev–Trinajstić information content (AvgIpc) is 3.26. The SMILES string of the molecule is CN1CC[C@]2(C(=O)NCCCn3ccnc3)CCCN(Cc3ccccc3)[C@H]2C1. The molecule has 6 heteroatoms. The highest BCUT2D eigenvalue weighted by Gasteiger charge is 2.51. The summed E-state index contributed by atoms with van der Waals surface area (Å²) in [6, 6.07) is 10.9. The summed E-state index contributed by atoms with van der Waals surface area (Å²) in [4.78, 5) is 22.5. The Labute approximate surface area is 173 Å². The summed E-state index contributed by atoms with van der Waals surface area (Å²) in [5, 5.41) is 3.29. The number of hydrogen-bond acceptors (Lipinski definition) is 4. The Morgan fingerprint density at radius 1 is 1.24 bits per heavy atom. The zero-order valence-corrected chi connectivity index (χ0v) is 17.5. The topological polar surface area (TPSA) is 53.4 Å². The lowest BCUT2D eigenvalue weighted by Crippen LogP contribution is -2.65. The summed E-state index contributed by atoms with van der Waals surface area (Å²) in [5.41, 5.74) is 1.08. The van der Waals surface area contributed by atoms with Crippen molar-refractivity contribution in [1.82, 2.24) is 24.7 Å². The molecule has 0 spiro atoms. The average molecular weight is 396 g/mol. The number of aromatic nitrogens is 2. The van der Waals surface area contributed by atoms with Crippen LogP contribution in [0.3, 0.4) is 0 Å². The van der Waals surface area contributed by atoms with Crippen LogP contribution in [-0.4, -0.2) is 64.5 Å². The number of benzene rings is 1. The van der Waals surface area contributed by atoms with Crippen molar-refractivity contribution in [2.75, 3.05) is 33.2 Å². The van der Waals surface area contributed by atoms with Gasteiger partial charge in [-0.05, 0) is 51.4 Å². The van der Waals surface area contributed by atoms with E-state index < -0.39 is 0 Å². The third-order valence-corrected chi connectivity index (χ3v) is 6.69. The molecule has 2 aromatic rings. The largest absolute Gasteiger partial charge is 0.356 e. The first-order chi connectivity index (χ1) is 14.2. The first-order valence-corrected chi connectivity index (χ1v) is 10.9. The molecule has 1 N–H and O–H groups in total. The van der Waals surface area contributed by atoms with Gasteiger partial charge in [0.2, 0.25) is 5.91 Å². The number of imidazole rings is 1. The standard InChI is InChI=1S/C23H33N5O/c1-26-15-10-23(22(29)25-11-6-13-27-16-12-24-19-27)9-5-14-28(21(23)18-26)17-20-7-3-2-4-8-20/h2-4,7-8,12,16,19,21H,5-6,9-11,13-15,17-18H2,1H3,(H,25,29)/t21-,23+/m0/s1. The van der Waals surface area contributed by atoms with Crippen LogP contribution in [-0.2, 0) is 17.9 Å². The van der Waals surface area contributed by atoms with Gasteiger partial charge in [0.15, 0.2) is 0 Å². The lowest BCUT2D eigenvalue weighted by molar-refractivity contribution is -0.145. The second-order valence-corrected chi connectivity index (χ2v) is 8.65. The van der Waals surface area contributed by atoms with Crippen LogP contribution in [0.1, 0.15) is 31.2 Å². The molecule has 0 bridgehead atoms. The number of fused-ring (bicyclic) bond motifs is 1. The first kappa shape index (κ1) is 20.1. The van der Waals surface area contributed by atoms with Crippen molar-refractivity contribution in [3.63, 3.8) is 0 Å². The smallest absolute Gasteiger partial charge is 0.227 e. The van der Waals surface area contributed by atoms with Gasteiger partial charge in [0.1, 0.15) is 0 Å². The van der Waals surface area contributed by atoms with E-state index in [4.69, 9.17) is 0 Å². The Hall–Kier alpha value is -2.18. The minimum atomic E-state index is -0.255. The Kier molecular flexibility index (Phi) is 6.31. The van der Waals surface area contributed by atoms with Crippen LogP contribution in [0, 0.1) is 5.41 Å². The normalized spacial score (nSPS) is 25.5. The third kappa shape index (κ3) is 4.54. The highest BCUT2D eigenvalue weighted by atomic mass is 16.2. The summed E-state index contributed by atoms with van der Waals surface area (Å²) in [5.74, 6) is 0.263. The van der Waals surface area contributed by atoms with Crippen molar-refractivity contribution in [2.24, 2.45) is 5.41 Å². The van der Waals surface area contributed by atoms with Crippen molar-refractivity contribution in [3.8, 4) is 0 Å². The number of nitrogens with zero attached hydrogens (tertiary/aromatic N) is 4. The van der Waals surface area contributed by atoms with Gasteiger partial charge < -0.3 is 14.8 Å². The maximum atomic E-state index is 13.4. The molecule has 1 amide bonds. The van der Waals surface area contributed by atoms with E-state index in [0.29, 0.717) is 0 Å². The maximum Gasteiger partial charge on any atom is 0.227 e. The number of likely N-dealkylation sites (N-methyl/N-ethyl adjacent to an activating group) is 1. The van der Waals surface area contributed by atoms with Gasteiger partial charge in [0.25, 0.3) is 0 Å². The monoisotopic (exact) mass is 395 g/mol. The summed E-state index contributed by atoms with van der Waals surface area (Å²) in [6.45, 7) is 5.57. The van der Waals surface area contributed by atoms with Crippen LogP contribution in [0.5, 0.6) is 0 Å². The van der Waals surface area contributed by atoms with Crippen LogP contribution in [0.15, 0.2) is 49.1 Å². The first-order valence-electron chi connectivity index (χ1n) is 10.9. The third-order valence-electron chi connectivity index (χ3n) is 6.69. The molecule has 2 saturated heterocycles. The Morgan fingerprint density at radius 2 is 2.10 bits per heavy atom. The van der Waals surface area contributed by atoms with Gasteiger partial charge in [-0.15, -0.1) is 0 Å². The van der Waals surface area contributed by atoms with Crippen molar-refractivity contribution in [1.29, 1.82) is 0 Å². The van der Waals surface area contributed by atoms with Gasteiger partial charge in [-0.25, -0.2) is 4.98 Å². The van der Waals surface area contributed by atoms with Gasteiger partial charge >= 0.3 is 0 Å². The number of carbonyl (C=O) groups is 1. The highest BCUT2D eigenvalue weighted by Crippen LogP contribution is 2.43. The van der Waals surface area contributed by atoms with Crippen molar-refractivity contribution in [2.45, 2.75) is 44.8 Å². The molecular formula is C23H33N5O. The molecule has 0 unspecified atom stereocenters. The molecule has 156 valence electrons. The van der Waals surface area contributed by atoms with Crippen LogP contribution < -0.4 is 5.32 Å². The predicted molar refractivity (Wildman–Crippen MR) is 114 cm³/mol. The number of piperidine rings is 2. The molecule has 2 fully saturated rings. The van der Waals surface area contributed by atoms with Crippen molar-refractivity contribution < 1.29 is 4.79 Å². The van der Waals surface area contributed by atoms with E-state index >= 15 is 0 Å². The number of likely N-dealkylation sites (tertiary alicyclic amines) is 2. The molecule has 1 aromatic carbocycles. The van der Waals surface area contributed by atoms with E-state index in [2.05, 4.69) is 62.0 Å². The molecule has 0 radical (unpaired) electrons. The molecule has 0 aliphatic carbocycles. The van der Waals surface area contributed by atoms with Crippen molar-refractivity contribution in [3.05, 3.63) is 54.6 Å². The van der Waals surface area contributed by atoms with Gasteiger partial charge in [-0.3, -0.25) is 9.69 Å². The van der Waals surface area contributed by atoms with Gasteiger partial charge in [-0.1, -0.05) is 30.3 Å². The van der Waals surface area contributed by atoms with Gasteiger partial charge in [0.05, 0.1) is 11.7 Å². The number of hydrogen-bond donors (Lipinski definition) is 1. The number of aryl methyl sites for hydroxylation is 1. The minimum Gasteiger partial charge on any atom is -0.356 e. The molecule has 2 aliphatic rings. The van der Waals surface area contributed by atoms with Gasteiger partial charge in [-0.2, -0.15) is 0 Å². The molecule has 0 saturated carbocycles. The summed E-state index contributed by atoms with van der Waals surface area (Å²) in [6.07, 6.45) is 9.57. The summed E-state index contributed by atoms with van der Waals surface area (Å²) < 4.78 is 2.06. The van der Waals surface area contributed by atoms with Crippen LogP contribution in [0.2, 0.25) is 0 Å². The van der Waals surface area contributed by atoms with E-state index in [1.165, 1.54) is 5.56 Å². The molecule has 4 rings (SSSR count). The molecule has 29 heavy (non-hydrogen) atoms. The van der Waals surface area contributed by atoms with E-state index in [-0.39, 0.29) is 17.4 Å². The fourth-order valence-electron chi connectivity index (χ4n) is 5.07. The van der Waals surface area contributed by atoms with E-state index in [1.807, 2.05) is 12.5 Å². The number of carbonyl (C=O) groups excluding carboxylic acids is 1. The van der Waals surface area contributed by atoms with E-state index in [9.17, 15) is 4.79 Å². The van der Waals surface area contributed by atoms with Crippen LogP contribution >= 0.6 is 0 Å². The van der Waals surface area contributed by atoms with E-state index in [0.717, 1.165) is 65.0 Å². The number of rotatable bonds is 7. The van der Waals surface area contributed by atoms with Gasteiger partial charge in [0, 0.05) is 44.6 Å². The summed E-state index contributed by atoms with van der Waals surface area (Å²) >= 11 is 0. The Morgan fingerprint density at radius 3 is 2.90 bits per heavy atom. The molecule has 1 aromatic heterocycles. The van der Waals surface area contributed by atoms with Crippen molar-refractivity contribution >= 4 is 5.91 Å². The zero-order chi connectivity index (χ0) is 20.1. The lowest BCUT2D eigenvalue weighted by atomic mass is 9.67. The van der Waals surface area contributed by atoms with E-state index in [1.54, 1.807) is 6.20 Å². The minimum absolute atomic E-state index is 0.255. The second kappa shape index (κ2) is 9.09. The Bertz CT molecular complexity index is 778. The fourth-order valence-corrected chi connectivity index (χ4v) is 5.07. The lowest BCUT2D eigenvalue weighted by Gasteiger charge is -2.53. The number of amides is 1. The maximum absolute atomic E-state index is 13.4. The molecule has 6 nitrogen and oxygen atoms in total. The second-order valence-electron chi connectivity index (χ2n) is 8.65.